The van der Waals surface area contributed by atoms with E-state index in [1.54, 1.807) is 7.11 Å². The van der Waals surface area contributed by atoms with Gasteiger partial charge in [-0.15, -0.1) is 0 Å². The summed E-state index contributed by atoms with van der Waals surface area (Å²) in [5.74, 6) is 1.62. The van der Waals surface area contributed by atoms with Crippen LogP contribution in [0.2, 0.25) is 0 Å². The van der Waals surface area contributed by atoms with Crippen molar-refractivity contribution in [1.82, 2.24) is 9.97 Å². The zero-order valence-corrected chi connectivity index (χ0v) is 11.5. The van der Waals surface area contributed by atoms with Gasteiger partial charge in [0.1, 0.15) is 11.4 Å². The zero-order chi connectivity index (χ0) is 12.9. The van der Waals surface area contributed by atoms with Gasteiger partial charge in [-0.05, 0) is 26.7 Å². The first-order valence-corrected chi connectivity index (χ1v) is 6.21. The van der Waals surface area contributed by atoms with E-state index in [0.717, 1.165) is 36.7 Å². The Hall–Kier alpha value is -1.16. The Morgan fingerprint density at radius 1 is 1.29 bits per heavy atom. The second kappa shape index (κ2) is 5.96. The molecule has 0 aromatic carbocycles. The molecule has 0 atom stereocenters. The van der Waals surface area contributed by atoms with Crippen molar-refractivity contribution in [2.75, 3.05) is 19.0 Å². The van der Waals surface area contributed by atoms with Crippen molar-refractivity contribution >= 4 is 5.82 Å². The molecule has 0 aliphatic heterocycles. The SMILES string of the molecule is CCCNc1cc(CC)nc(C(C)(C)OC)n1. The van der Waals surface area contributed by atoms with Crippen LogP contribution in [0.5, 0.6) is 0 Å². The van der Waals surface area contributed by atoms with Gasteiger partial charge in [0.15, 0.2) is 5.82 Å². The summed E-state index contributed by atoms with van der Waals surface area (Å²) in [4.78, 5) is 9.04. The van der Waals surface area contributed by atoms with Gasteiger partial charge in [-0.1, -0.05) is 13.8 Å². The normalized spacial score (nSPS) is 11.6. The number of anilines is 1. The predicted octanol–water partition coefficient (Wildman–Crippen LogP) is 2.74. The molecule has 0 spiro atoms. The summed E-state index contributed by atoms with van der Waals surface area (Å²) in [6, 6.07) is 2.00. The fraction of sp³-hybridized carbons (Fsp3) is 0.692. The van der Waals surface area contributed by atoms with Gasteiger partial charge in [0, 0.05) is 25.4 Å². The number of nitrogens with zero attached hydrogens (tertiary/aromatic N) is 2. The molecule has 1 aromatic rings. The molecule has 0 radical (unpaired) electrons. The van der Waals surface area contributed by atoms with Crippen LogP contribution in [0.4, 0.5) is 5.82 Å². The molecular weight excluding hydrogens is 214 g/mol. The Morgan fingerprint density at radius 3 is 2.53 bits per heavy atom. The number of ether oxygens (including phenoxy) is 1. The third-order valence-corrected chi connectivity index (χ3v) is 2.75. The van der Waals surface area contributed by atoms with Gasteiger partial charge in [-0.25, -0.2) is 9.97 Å². The highest BCUT2D eigenvalue weighted by Crippen LogP contribution is 2.22. The second-order valence-corrected chi connectivity index (χ2v) is 4.56. The minimum atomic E-state index is -0.451. The molecule has 1 heterocycles. The number of hydrogen-bond donors (Lipinski definition) is 1. The van der Waals surface area contributed by atoms with Gasteiger partial charge in [0.25, 0.3) is 0 Å². The molecule has 0 aliphatic rings. The standard InChI is InChI=1S/C13H23N3O/c1-6-8-14-11-9-10(7-2)15-12(16-11)13(3,4)17-5/h9H,6-8H2,1-5H3,(H,14,15,16). The number of rotatable bonds is 6. The van der Waals surface area contributed by atoms with Gasteiger partial charge in [0.2, 0.25) is 0 Å². The lowest BCUT2D eigenvalue weighted by Gasteiger charge is -2.22. The van der Waals surface area contributed by atoms with Crippen LogP contribution in [-0.2, 0) is 16.8 Å². The second-order valence-electron chi connectivity index (χ2n) is 4.56. The van der Waals surface area contributed by atoms with Crippen molar-refractivity contribution in [3.05, 3.63) is 17.6 Å². The Balaban J connectivity index is 3.05. The van der Waals surface area contributed by atoms with Crippen LogP contribution in [0.1, 0.15) is 45.6 Å². The molecular formula is C13H23N3O. The maximum atomic E-state index is 5.43. The molecule has 0 saturated heterocycles. The lowest BCUT2D eigenvalue weighted by Crippen LogP contribution is -2.24. The maximum absolute atomic E-state index is 5.43. The highest BCUT2D eigenvalue weighted by Gasteiger charge is 2.24. The molecule has 17 heavy (non-hydrogen) atoms. The number of methoxy groups -OCH3 is 1. The van der Waals surface area contributed by atoms with Crippen molar-refractivity contribution in [2.45, 2.75) is 46.1 Å². The average Bonchev–Trinajstić information content (AvgIpc) is 2.35. The van der Waals surface area contributed by atoms with Gasteiger partial charge in [-0.2, -0.15) is 0 Å². The van der Waals surface area contributed by atoms with Crippen molar-refractivity contribution in [2.24, 2.45) is 0 Å². The fourth-order valence-corrected chi connectivity index (χ4v) is 1.38. The lowest BCUT2D eigenvalue weighted by molar-refractivity contribution is 0.0114. The van der Waals surface area contributed by atoms with Crippen LogP contribution < -0.4 is 5.32 Å². The van der Waals surface area contributed by atoms with Crippen molar-refractivity contribution < 1.29 is 4.74 Å². The van der Waals surface area contributed by atoms with Crippen molar-refractivity contribution in [3.63, 3.8) is 0 Å². The highest BCUT2D eigenvalue weighted by atomic mass is 16.5. The molecule has 0 saturated carbocycles. The van der Waals surface area contributed by atoms with Crippen LogP contribution in [0.15, 0.2) is 6.07 Å². The van der Waals surface area contributed by atoms with E-state index < -0.39 is 5.60 Å². The molecule has 1 rings (SSSR count). The molecule has 0 unspecified atom stereocenters. The van der Waals surface area contributed by atoms with Gasteiger partial charge < -0.3 is 10.1 Å². The summed E-state index contributed by atoms with van der Waals surface area (Å²) in [5, 5.41) is 3.30. The van der Waals surface area contributed by atoms with E-state index in [2.05, 4.69) is 29.1 Å². The van der Waals surface area contributed by atoms with E-state index in [1.807, 2.05) is 19.9 Å². The van der Waals surface area contributed by atoms with E-state index >= 15 is 0 Å². The monoisotopic (exact) mass is 237 g/mol. The Kier molecular flexibility index (Phi) is 4.87. The minimum Gasteiger partial charge on any atom is -0.371 e. The van der Waals surface area contributed by atoms with Gasteiger partial charge in [-0.3, -0.25) is 0 Å². The van der Waals surface area contributed by atoms with Crippen LogP contribution in [-0.4, -0.2) is 23.6 Å². The highest BCUT2D eigenvalue weighted by molar-refractivity contribution is 5.36. The topological polar surface area (TPSA) is 47.0 Å². The third kappa shape index (κ3) is 3.66. The van der Waals surface area contributed by atoms with E-state index in [0.29, 0.717) is 0 Å². The Labute approximate surface area is 104 Å². The van der Waals surface area contributed by atoms with E-state index in [1.165, 1.54) is 0 Å². The number of hydrogen-bond acceptors (Lipinski definition) is 4. The largest absolute Gasteiger partial charge is 0.371 e. The molecule has 0 aliphatic carbocycles. The lowest BCUT2D eigenvalue weighted by atomic mass is 10.1. The summed E-state index contributed by atoms with van der Waals surface area (Å²) in [7, 11) is 1.68. The molecule has 4 heteroatoms. The van der Waals surface area contributed by atoms with Crippen LogP contribution in [0.3, 0.4) is 0 Å². The third-order valence-electron chi connectivity index (χ3n) is 2.75. The predicted molar refractivity (Wildman–Crippen MR) is 70.2 cm³/mol. The number of nitrogens with one attached hydrogen (secondary N) is 1. The quantitative estimate of drug-likeness (QED) is 0.826. The molecule has 0 amide bonds. The van der Waals surface area contributed by atoms with Crippen molar-refractivity contribution in [1.29, 1.82) is 0 Å². The smallest absolute Gasteiger partial charge is 0.162 e. The van der Waals surface area contributed by atoms with Gasteiger partial charge in [0.05, 0.1) is 0 Å². The molecule has 4 nitrogen and oxygen atoms in total. The van der Waals surface area contributed by atoms with E-state index in [4.69, 9.17) is 4.74 Å². The van der Waals surface area contributed by atoms with E-state index in [9.17, 15) is 0 Å². The first-order chi connectivity index (χ1) is 8.03. The molecule has 0 bridgehead atoms. The molecule has 0 fully saturated rings. The summed E-state index contributed by atoms with van der Waals surface area (Å²) in [5.41, 5.74) is 0.590. The minimum absolute atomic E-state index is 0.451. The summed E-state index contributed by atoms with van der Waals surface area (Å²) in [6.07, 6.45) is 1.98. The van der Waals surface area contributed by atoms with Gasteiger partial charge >= 0.3 is 0 Å². The Bertz CT molecular complexity index is 364. The Morgan fingerprint density at radius 2 is 2.00 bits per heavy atom. The van der Waals surface area contributed by atoms with Crippen LogP contribution in [0, 0.1) is 0 Å². The van der Waals surface area contributed by atoms with Crippen molar-refractivity contribution in [3.8, 4) is 0 Å². The summed E-state index contributed by atoms with van der Waals surface area (Å²) < 4.78 is 5.43. The molecule has 1 N–H and O–H groups in total. The van der Waals surface area contributed by atoms with E-state index in [-0.39, 0.29) is 0 Å². The molecule has 1 aromatic heterocycles. The average molecular weight is 237 g/mol. The number of aromatic nitrogens is 2. The summed E-state index contributed by atoms with van der Waals surface area (Å²) >= 11 is 0. The maximum Gasteiger partial charge on any atom is 0.162 e. The van der Waals surface area contributed by atoms with Crippen LogP contribution >= 0.6 is 0 Å². The zero-order valence-electron chi connectivity index (χ0n) is 11.5. The first kappa shape index (κ1) is 13.9. The molecule has 96 valence electrons. The summed E-state index contributed by atoms with van der Waals surface area (Å²) in [6.45, 7) is 9.11. The first-order valence-electron chi connectivity index (χ1n) is 6.21. The van der Waals surface area contributed by atoms with Crippen LogP contribution in [0.25, 0.3) is 0 Å². The fourth-order valence-electron chi connectivity index (χ4n) is 1.38. The number of aryl methyl sites for hydroxylation is 1.